The largest absolute Gasteiger partial charge is 0.497 e. The summed E-state index contributed by atoms with van der Waals surface area (Å²) in [4.78, 5) is 8.89. The third-order valence-electron chi connectivity index (χ3n) is 4.04. The van der Waals surface area contributed by atoms with Crippen molar-refractivity contribution >= 4 is 33.2 Å². The number of pyridine rings is 1. The van der Waals surface area contributed by atoms with Gasteiger partial charge in [-0.3, -0.25) is 10.4 Å². The lowest BCUT2D eigenvalue weighted by Crippen LogP contribution is -2.19. The van der Waals surface area contributed by atoms with E-state index in [-0.39, 0.29) is 0 Å². The number of ether oxygens (including phenoxy) is 1. The molecule has 1 N–H and O–H groups in total. The van der Waals surface area contributed by atoms with E-state index in [0.29, 0.717) is 5.84 Å². The summed E-state index contributed by atoms with van der Waals surface area (Å²) in [5.41, 5.74) is 7.53. The monoisotopic (exact) mass is 406 g/mol. The summed E-state index contributed by atoms with van der Waals surface area (Å²) in [6.45, 7) is 0. The van der Waals surface area contributed by atoms with Gasteiger partial charge < -0.3 is 4.74 Å². The average molecular weight is 407 g/mol. The minimum Gasteiger partial charge on any atom is -0.497 e. The fraction of sp³-hybridized carbons (Fsp3) is 0.0500. The number of hydrogen-bond donors (Lipinski definition) is 1. The Labute approximate surface area is 159 Å². The van der Waals surface area contributed by atoms with Crippen molar-refractivity contribution in [3.05, 3.63) is 88.2 Å². The maximum atomic E-state index is 5.39. The van der Waals surface area contributed by atoms with Gasteiger partial charge in [0, 0.05) is 33.6 Å². The van der Waals surface area contributed by atoms with Gasteiger partial charge in [-0.2, -0.15) is 5.10 Å². The number of nitrogens with one attached hydrogen (secondary N) is 1. The molecule has 2 aromatic carbocycles. The molecule has 26 heavy (non-hydrogen) atoms. The van der Waals surface area contributed by atoms with Crippen LogP contribution in [0.25, 0.3) is 0 Å². The van der Waals surface area contributed by atoms with Crippen LogP contribution < -0.4 is 10.2 Å². The number of halogens is 1. The minimum atomic E-state index is 0.688. The van der Waals surface area contributed by atoms with Gasteiger partial charge in [0.15, 0.2) is 5.84 Å². The number of benzene rings is 2. The van der Waals surface area contributed by atoms with E-state index in [1.54, 1.807) is 19.5 Å². The first-order chi connectivity index (χ1) is 12.7. The van der Waals surface area contributed by atoms with E-state index in [1.807, 2.05) is 54.6 Å². The highest BCUT2D eigenvalue weighted by Crippen LogP contribution is 2.29. The van der Waals surface area contributed by atoms with E-state index < -0.39 is 0 Å². The van der Waals surface area contributed by atoms with Gasteiger partial charge in [0.25, 0.3) is 0 Å². The molecule has 0 spiro atoms. The summed E-state index contributed by atoms with van der Waals surface area (Å²) in [6.07, 6.45) is 3.50. The second kappa shape index (κ2) is 7.09. The van der Waals surface area contributed by atoms with E-state index in [1.165, 1.54) is 0 Å². The van der Waals surface area contributed by atoms with Crippen molar-refractivity contribution in [2.75, 3.05) is 7.11 Å². The lowest BCUT2D eigenvalue weighted by molar-refractivity contribution is 0.415. The molecular weight excluding hydrogens is 392 g/mol. The first-order valence-corrected chi connectivity index (χ1v) is 8.81. The molecule has 0 unspecified atom stereocenters. The summed E-state index contributed by atoms with van der Waals surface area (Å²) in [7, 11) is 1.65. The van der Waals surface area contributed by atoms with Gasteiger partial charge in [-0.05, 0) is 42.5 Å². The first kappa shape index (κ1) is 16.5. The van der Waals surface area contributed by atoms with Crippen molar-refractivity contribution in [2.24, 2.45) is 10.1 Å². The Morgan fingerprint density at radius 2 is 1.69 bits per heavy atom. The summed E-state index contributed by atoms with van der Waals surface area (Å²) in [5.74, 6) is 1.45. The fourth-order valence-electron chi connectivity index (χ4n) is 2.71. The standard InChI is InChI=1S/C20H15BrN4O/c1-26-16-6-7-18-17(12-16)19(13-8-10-22-11-9-13)24-25-20(23-18)14-2-4-15(21)5-3-14/h2-12H,1H3,(H,23,25). The normalized spacial score (nSPS) is 13.0. The van der Waals surface area contributed by atoms with Crippen LogP contribution in [0.15, 0.2) is 81.6 Å². The second-order valence-corrected chi connectivity index (χ2v) is 6.57. The molecule has 0 saturated heterocycles. The highest BCUT2D eigenvalue weighted by Gasteiger charge is 2.18. The molecule has 6 heteroatoms. The van der Waals surface area contributed by atoms with Gasteiger partial charge >= 0.3 is 0 Å². The number of methoxy groups -OCH3 is 1. The summed E-state index contributed by atoms with van der Waals surface area (Å²) >= 11 is 3.46. The van der Waals surface area contributed by atoms with Crippen LogP contribution >= 0.6 is 15.9 Å². The van der Waals surface area contributed by atoms with Crippen molar-refractivity contribution in [3.63, 3.8) is 0 Å². The van der Waals surface area contributed by atoms with Crippen molar-refractivity contribution < 1.29 is 4.74 Å². The molecule has 0 amide bonds. The molecule has 0 saturated carbocycles. The fourth-order valence-corrected chi connectivity index (χ4v) is 2.97. The molecule has 1 aliphatic rings. The van der Waals surface area contributed by atoms with Gasteiger partial charge in [0.2, 0.25) is 0 Å². The van der Waals surface area contributed by atoms with Crippen molar-refractivity contribution in [2.45, 2.75) is 0 Å². The molecule has 0 fully saturated rings. The number of aliphatic imine (C=N–C) groups is 1. The van der Waals surface area contributed by atoms with Crippen LogP contribution in [-0.4, -0.2) is 23.6 Å². The summed E-state index contributed by atoms with van der Waals surface area (Å²) in [6, 6.07) is 17.6. The number of amidine groups is 1. The zero-order chi connectivity index (χ0) is 17.9. The Balaban J connectivity index is 1.87. The molecule has 5 nitrogen and oxygen atoms in total. The quantitative estimate of drug-likeness (QED) is 0.705. The number of hydrazone groups is 1. The van der Waals surface area contributed by atoms with Crippen LogP contribution in [0.4, 0.5) is 5.69 Å². The van der Waals surface area contributed by atoms with Crippen LogP contribution in [0.1, 0.15) is 16.7 Å². The van der Waals surface area contributed by atoms with Crippen LogP contribution in [0.2, 0.25) is 0 Å². The maximum Gasteiger partial charge on any atom is 0.154 e. The van der Waals surface area contributed by atoms with Gasteiger partial charge in [-0.15, -0.1) is 0 Å². The second-order valence-electron chi connectivity index (χ2n) is 5.66. The lowest BCUT2D eigenvalue weighted by atomic mass is 10.0. The number of fused-ring (bicyclic) bond motifs is 1. The molecule has 2 heterocycles. The number of aromatic nitrogens is 1. The number of hydrogen-bond acceptors (Lipinski definition) is 5. The molecule has 128 valence electrons. The molecule has 0 atom stereocenters. The Morgan fingerprint density at radius 1 is 0.923 bits per heavy atom. The lowest BCUT2D eigenvalue weighted by Gasteiger charge is -2.09. The van der Waals surface area contributed by atoms with Crippen LogP contribution in [0.3, 0.4) is 0 Å². The van der Waals surface area contributed by atoms with E-state index >= 15 is 0 Å². The van der Waals surface area contributed by atoms with Gasteiger partial charge in [-0.25, -0.2) is 4.99 Å². The van der Waals surface area contributed by atoms with E-state index in [0.717, 1.165) is 38.3 Å². The summed E-state index contributed by atoms with van der Waals surface area (Å²) in [5, 5.41) is 4.63. The molecule has 1 aliphatic heterocycles. The van der Waals surface area contributed by atoms with Crippen molar-refractivity contribution in [1.29, 1.82) is 0 Å². The molecule has 3 aromatic rings. The minimum absolute atomic E-state index is 0.688. The van der Waals surface area contributed by atoms with Gasteiger partial charge in [0.1, 0.15) is 11.5 Å². The van der Waals surface area contributed by atoms with Gasteiger partial charge in [-0.1, -0.05) is 28.1 Å². The Morgan fingerprint density at radius 3 is 2.42 bits per heavy atom. The zero-order valence-corrected chi connectivity index (χ0v) is 15.6. The van der Waals surface area contributed by atoms with Crippen LogP contribution in [0.5, 0.6) is 5.75 Å². The molecular formula is C20H15BrN4O. The van der Waals surface area contributed by atoms with Crippen molar-refractivity contribution in [3.8, 4) is 5.75 Å². The first-order valence-electron chi connectivity index (χ1n) is 8.02. The Hall–Kier alpha value is -2.99. The number of rotatable bonds is 3. The van der Waals surface area contributed by atoms with Crippen molar-refractivity contribution in [1.82, 2.24) is 10.4 Å². The highest BCUT2D eigenvalue weighted by molar-refractivity contribution is 9.10. The highest BCUT2D eigenvalue weighted by atomic mass is 79.9. The SMILES string of the molecule is COc1ccc2c(c1)C(c1ccncc1)=NNC(c1ccc(Br)cc1)=N2. The van der Waals surface area contributed by atoms with Gasteiger partial charge in [0.05, 0.1) is 12.8 Å². The average Bonchev–Trinajstić information content (AvgIpc) is 2.88. The maximum absolute atomic E-state index is 5.39. The molecule has 0 aliphatic carbocycles. The Bertz CT molecular complexity index is 998. The molecule has 4 rings (SSSR count). The third kappa shape index (κ3) is 3.23. The Kier molecular flexibility index (Phi) is 4.50. The van der Waals surface area contributed by atoms with E-state index in [9.17, 15) is 0 Å². The van der Waals surface area contributed by atoms with Crippen LogP contribution in [-0.2, 0) is 0 Å². The molecule has 0 radical (unpaired) electrons. The van der Waals surface area contributed by atoms with E-state index in [2.05, 4.69) is 31.4 Å². The predicted molar refractivity (Wildman–Crippen MR) is 106 cm³/mol. The summed E-state index contributed by atoms with van der Waals surface area (Å²) < 4.78 is 6.40. The zero-order valence-electron chi connectivity index (χ0n) is 14.0. The third-order valence-corrected chi connectivity index (χ3v) is 4.56. The smallest absolute Gasteiger partial charge is 0.154 e. The number of nitrogens with zero attached hydrogens (tertiary/aromatic N) is 3. The predicted octanol–water partition coefficient (Wildman–Crippen LogP) is 4.29. The molecule has 0 bridgehead atoms. The topological polar surface area (TPSA) is 58.9 Å². The van der Waals surface area contributed by atoms with Crippen LogP contribution in [0, 0.1) is 0 Å². The van der Waals surface area contributed by atoms with E-state index in [4.69, 9.17) is 9.73 Å². The molecule has 1 aromatic heterocycles.